The summed E-state index contributed by atoms with van der Waals surface area (Å²) < 4.78 is 26.1. The van der Waals surface area contributed by atoms with Crippen molar-refractivity contribution >= 4 is 51.7 Å². The highest BCUT2D eigenvalue weighted by Crippen LogP contribution is 2.31. The van der Waals surface area contributed by atoms with Gasteiger partial charge in [0.1, 0.15) is 5.82 Å². The summed E-state index contributed by atoms with van der Waals surface area (Å²) in [6.45, 7) is -0.324. The summed E-state index contributed by atoms with van der Waals surface area (Å²) in [6, 6.07) is 10.6. The molecule has 35 heavy (non-hydrogen) atoms. The van der Waals surface area contributed by atoms with Gasteiger partial charge in [-0.05, 0) is 48.2 Å². The van der Waals surface area contributed by atoms with Crippen LogP contribution in [-0.2, 0) is 12.8 Å². The molecule has 2 aromatic heterocycles. The van der Waals surface area contributed by atoms with Crippen LogP contribution in [0.3, 0.4) is 0 Å². The second-order valence-corrected chi connectivity index (χ2v) is 8.94. The molecule has 2 heterocycles. The highest BCUT2D eigenvalue weighted by molar-refractivity contribution is 6.37. The molecule has 4 aromatic rings. The van der Waals surface area contributed by atoms with Crippen molar-refractivity contribution in [2.24, 2.45) is 0 Å². The van der Waals surface area contributed by atoms with E-state index in [1.165, 1.54) is 6.20 Å². The Morgan fingerprint density at radius 2 is 1.86 bits per heavy atom. The number of halogens is 4. The van der Waals surface area contributed by atoms with Gasteiger partial charge < -0.3 is 16.4 Å². The molecule has 0 fully saturated rings. The van der Waals surface area contributed by atoms with E-state index >= 15 is 0 Å². The highest BCUT2D eigenvalue weighted by atomic mass is 35.5. The maximum absolute atomic E-state index is 12.8. The minimum Gasteiger partial charge on any atom is -0.384 e. The molecule has 0 saturated heterocycles. The van der Waals surface area contributed by atoms with Crippen molar-refractivity contribution in [3.8, 4) is 5.69 Å². The minimum absolute atomic E-state index is 0.0212. The van der Waals surface area contributed by atoms with Crippen molar-refractivity contribution < 1.29 is 8.78 Å². The van der Waals surface area contributed by atoms with Gasteiger partial charge in [-0.25, -0.2) is 23.1 Å². The molecule has 0 saturated carbocycles. The Bertz CT molecular complexity index is 1470. The van der Waals surface area contributed by atoms with Gasteiger partial charge in [0.2, 0.25) is 5.95 Å². The van der Waals surface area contributed by atoms with Crippen LogP contribution in [0.1, 0.15) is 11.1 Å². The van der Waals surface area contributed by atoms with E-state index in [0.717, 1.165) is 21.4 Å². The van der Waals surface area contributed by atoms with Gasteiger partial charge in [0.25, 0.3) is 6.43 Å². The first-order chi connectivity index (χ1) is 16.8. The number of nitrogens with one attached hydrogen (secondary N) is 2. The fraction of sp³-hybridized carbons (Fsp3) is 0.217. The molecular formula is C23H19Cl2F2N7O. The van der Waals surface area contributed by atoms with Gasteiger partial charge in [-0.15, -0.1) is 0 Å². The van der Waals surface area contributed by atoms with E-state index in [1.54, 1.807) is 18.2 Å². The molecule has 180 valence electrons. The first kappa shape index (κ1) is 23.4. The Hall–Kier alpha value is -3.34. The first-order valence-corrected chi connectivity index (χ1v) is 11.5. The van der Waals surface area contributed by atoms with Gasteiger partial charge in [-0.2, -0.15) is 9.97 Å². The molecule has 4 N–H and O–H groups in total. The summed E-state index contributed by atoms with van der Waals surface area (Å²) in [7, 11) is 0. The van der Waals surface area contributed by atoms with Gasteiger partial charge in [0.05, 0.1) is 27.7 Å². The van der Waals surface area contributed by atoms with Crippen LogP contribution in [0.2, 0.25) is 10.0 Å². The average Bonchev–Trinajstić information content (AvgIpc) is 3.21. The molecule has 0 spiro atoms. The second kappa shape index (κ2) is 9.37. The van der Waals surface area contributed by atoms with Crippen LogP contribution in [0.15, 0.2) is 47.4 Å². The number of benzene rings is 2. The summed E-state index contributed by atoms with van der Waals surface area (Å²) in [5, 5.41) is 6.83. The molecule has 5 rings (SSSR count). The molecular weight excluding hydrogens is 499 g/mol. The van der Waals surface area contributed by atoms with Crippen LogP contribution in [-0.4, -0.2) is 38.5 Å². The molecule has 1 unspecified atom stereocenters. The van der Waals surface area contributed by atoms with Gasteiger partial charge in [0, 0.05) is 17.9 Å². The number of rotatable bonds is 6. The number of alkyl halides is 2. The number of nitrogens with two attached hydrogens (primary N) is 1. The van der Waals surface area contributed by atoms with Crippen LogP contribution in [0.5, 0.6) is 0 Å². The summed E-state index contributed by atoms with van der Waals surface area (Å²) in [6.07, 6.45) is 0.429. The Balaban J connectivity index is 1.42. The molecule has 1 aliphatic rings. The van der Waals surface area contributed by atoms with Crippen LogP contribution < -0.4 is 22.1 Å². The molecule has 0 aliphatic heterocycles. The summed E-state index contributed by atoms with van der Waals surface area (Å²) in [4.78, 5) is 25.5. The number of nitrogens with zero attached hydrogens (tertiary/aromatic N) is 4. The van der Waals surface area contributed by atoms with Gasteiger partial charge in [-0.3, -0.25) is 0 Å². The van der Waals surface area contributed by atoms with Crippen molar-refractivity contribution in [3.63, 3.8) is 0 Å². The number of anilines is 3. The highest BCUT2D eigenvalue weighted by Gasteiger charge is 2.22. The van der Waals surface area contributed by atoms with E-state index in [-0.39, 0.29) is 45.7 Å². The zero-order valence-electron chi connectivity index (χ0n) is 18.1. The lowest BCUT2D eigenvalue weighted by atomic mass is 10.1. The maximum Gasteiger partial charge on any atom is 0.355 e. The van der Waals surface area contributed by atoms with Gasteiger partial charge >= 0.3 is 5.69 Å². The first-order valence-electron chi connectivity index (χ1n) is 10.7. The molecule has 2 aromatic carbocycles. The van der Waals surface area contributed by atoms with Gasteiger partial charge in [-0.1, -0.05) is 35.3 Å². The molecule has 0 radical (unpaired) electrons. The number of fused-ring (bicyclic) bond motifs is 2. The van der Waals surface area contributed by atoms with Crippen LogP contribution in [0.4, 0.5) is 26.2 Å². The van der Waals surface area contributed by atoms with E-state index in [2.05, 4.69) is 25.6 Å². The van der Waals surface area contributed by atoms with E-state index in [1.807, 2.05) is 18.2 Å². The fourth-order valence-electron chi connectivity index (χ4n) is 4.21. The lowest BCUT2D eigenvalue weighted by Gasteiger charge is -2.14. The van der Waals surface area contributed by atoms with Crippen molar-refractivity contribution in [3.05, 3.63) is 74.3 Å². The van der Waals surface area contributed by atoms with Crippen molar-refractivity contribution in [1.82, 2.24) is 24.8 Å². The smallest absolute Gasteiger partial charge is 0.355 e. The Morgan fingerprint density at radius 1 is 1.11 bits per heavy atom. The van der Waals surface area contributed by atoms with Crippen molar-refractivity contribution in [2.75, 3.05) is 17.6 Å². The fourth-order valence-corrected chi connectivity index (χ4v) is 4.77. The quantitative estimate of drug-likeness (QED) is 0.352. The molecule has 0 bridgehead atoms. The number of aromatic nitrogens is 4. The molecule has 8 nitrogen and oxygen atoms in total. The standard InChI is InChI=1S/C23H19Cl2F2N7O/c24-16-2-1-3-17(25)19(16)34-20(28)15-9-30-22(32-21(15)33-23(34)35)31-13-5-4-11-6-14(8-12(11)7-13)29-10-18(26)27/h1-5,7,9,14,18,29H,6,8,10,28H2,(H,31,32,33,35). The number of hydrogen-bond acceptors (Lipinski definition) is 7. The van der Waals surface area contributed by atoms with E-state index < -0.39 is 12.1 Å². The van der Waals surface area contributed by atoms with Crippen LogP contribution in [0.25, 0.3) is 16.7 Å². The van der Waals surface area contributed by atoms with E-state index in [9.17, 15) is 13.6 Å². The summed E-state index contributed by atoms with van der Waals surface area (Å²) in [5.41, 5.74) is 8.81. The molecule has 0 amide bonds. The number of para-hydroxylation sites is 1. The number of hydrogen-bond donors (Lipinski definition) is 3. The van der Waals surface area contributed by atoms with Crippen molar-refractivity contribution in [2.45, 2.75) is 25.3 Å². The third kappa shape index (κ3) is 4.64. The average molecular weight is 518 g/mol. The number of nitrogen functional groups attached to an aromatic ring is 1. The Morgan fingerprint density at radius 3 is 2.60 bits per heavy atom. The van der Waals surface area contributed by atoms with E-state index in [0.29, 0.717) is 18.2 Å². The lowest BCUT2D eigenvalue weighted by molar-refractivity contribution is 0.141. The van der Waals surface area contributed by atoms with Gasteiger partial charge in [0.15, 0.2) is 5.65 Å². The zero-order chi connectivity index (χ0) is 24.7. The third-order valence-corrected chi connectivity index (χ3v) is 6.41. The zero-order valence-corrected chi connectivity index (χ0v) is 19.6. The van der Waals surface area contributed by atoms with Crippen LogP contribution in [0, 0.1) is 0 Å². The molecule has 12 heteroatoms. The lowest BCUT2D eigenvalue weighted by Crippen LogP contribution is -2.33. The SMILES string of the molecule is Nc1c2cnc(Nc3ccc4c(c3)CC(NCC(F)F)C4)nc2nc(=O)n1-c1c(Cl)cccc1Cl. The Kier molecular flexibility index (Phi) is 6.26. The predicted molar refractivity (Wildman–Crippen MR) is 132 cm³/mol. The Labute approximate surface area is 208 Å². The summed E-state index contributed by atoms with van der Waals surface area (Å²) >= 11 is 12.5. The monoisotopic (exact) mass is 517 g/mol. The third-order valence-electron chi connectivity index (χ3n) is 5.80. The molecule has 1 atom stereocenters. The molecule has 1 aliphatic carbocycles. The largest absolute Gasteiger partial charge is 0.384 e. The second-order valence-electron chi connectivity index (χ2n) is 8.13. The predicted octanol–water partition coefficient (Wildman–Crippen LogP) is 4.13. The van der Waals surface area contributed by atoms with Crippen molar-refractivity contribution in [1.29, 1.82) is 0 Å². The maximum atomic E-state index is 12.8. The minimum atomic E-state index is -2.38. The van der Waals surface area contributed by atoms with Crippen LogP contribution >= 0.6 is 23.2 Å². The normalized spacial score (nSPS) is 15.1. The van der Waals surface area contributed by atoms with E-state index in [4.69, 9.17) is 28.9 Å². The topological polar surface area (TPSA) is 111 Å². The summed E-state index contributed by atoms with van der Waals surface area (Å²) in [5.74, 6) is 0.282.